The fraction of sp³-hybridized carbons (Fsp3) is 1.00. The molecular weight excluding hydrogens is 174 g/mol. The molecule has 84 valence electrons. The Bertz CT molecular complexity index is 121. The molecule has 0 amide bonds. The van der Waals surface area contributed by atoms with Gasteiger partial charge in [0.2, 0.25) is 0 Å². The van der Waals surface area contributed by atoms with Crippen LogP contribution in [0.3, 0.4) is 0 Å². The molecule has 14 heavy (non-hydrogen) atoms. The highest BCUT2D eigenvalue weighted by Crippen LogP contribution is 2.20. The van der Waals surface area contributed by atoms with Crippen LogP contribution in [0.15, 0.2) is 0 Å². The zero-order chi connectivity index (χ0) is 10.1. The molecule has 1 saturated carbocycles. The lowest BCUT2D eigenvalue weighted by molar-refractivity contribution is 0.0265. The molecule has 0 aromatic rings. The number of rotatable bonds is 7. The maximum atomic E-state index is 5.84. The number of hydrogen-bond acceptors (Lipinski definition) is 2. The van der Waals surface area contributed by atoms with E-state index in [4.69, 9.17) is 4.74 Å². The highest BCUT2D eigenvalue weighted by molar-refractivity contribution is 4.64. The van der Waals surface area contributed by atoms with Crippen molar-refractivity contribution in [1.82, 2.24) is 5.32 Å². The van der Waals surface area contributed by atoms with Gasteiger partial charge in [-0.2, -0.15) is 0 Å². The standard InChI is InChI=1S/C12H25NO/c1-2-13-10-6-7-11-14-12-8-4-3-5-9-12/h12-13H,2-11H2,1H3. The van der Waals surface area contributed by atoms with Gasteiger partial charge in [-0.1, -0.05) is 26.2 Å². The van der Waals surface area contributed by atoms with Crippen LogP contribution in [0.25, 0.3) is 0 Å². The SMILES string of the molecule is CCNCCCCOC1CCCCC1. The Labute approximate surface area is 88.4 Å². The molecule has 1 fully saturated rings. The van der Waals surface area contributed by atoms with Crippen LogP contribution in [0.1, 0.15) is 51.9 Å². The Morgan fingerprint density at radius 1 is 1.14 bits per heavy atom. The maximum Gasteiger partial charge on any atom is 0.0575 e. The molecule has 2 heteroatoms. The molecule has 1 N–H and O–H groups in total. The van der Waals surface area contributed by atoms with Crippen LogP contribution in [0.4, 0.5) is 0 Å². The third-order valence-electron chi connectivity index (χ3n) is 2.90. The van der Waals surface area contributed by atoms with E-state index < -0.39 is 0 Å². The van der Waals surface area contributed by atoms with Crippen molar-refractivity contribution >= 4 is 0 Å². The van der Waals surface area contributed by atoms with Gasteiger partial charge in [0.05, 0.1) is 6.10 Å². The van der Waals surface area contributed by atoms with Crippen LogP contribution in [0, 0.1) is 0 Å². The zero-order valence-electron chi connectivity index (χ0n) is 9.56. The van der Waals surface area contributed by atoms with Crippen molar-refractivity contribution in [3.8, 4) is 0 Å². The molecule has 0 aromatic heterocycles. The summed E-state index contributed by atoms with van der Waals surface area (Å²) in [6, 6.07) is 0. The third-order valence-corrected chi connectivity index (χ3v) is 2.90. The van der Waals surface area contributed by atoms with Crippen molar-refractivity contribution in [2.24, 2.45) is 0 Å². The van der Waals surface area contributed by atoms with E-state index in [1.54, 1.807) is 0 Å². The van der Waals surface area contributed by atoms with Crippen LogP contribution >= 0.6 is 0 Å². The molecule has 1 rings (SSSR count). The lowest BCUT2D eigenvalue weighted by Gasteiger charge is -2.21. The largest absolute Gasteiger partial charge is 0.378 e. The topological polar surface area (TPSA) is 21.3 Å². The van der Waals surface area contributed by atoms with Crippen molar-refractivity contribution in [3.63, 3.8) is 0 Å². The van der Waals surface area contributed by atoms with Gasteiger partial charge in [-0.25, -0.2) is 0 Å². The Kier molecular flexibility index (Phi) is 7.06. The van der Waals surface area contributed by atoms with Gasteiger partial charge in [0.1, 0.15) is 0 Å². The monoisotopic (exact) mass is 199 g/mol. The first-order valence-corrected chi connectivity index (χ1v) is 6.26. The molecule has 1 aliphatic carbocycles. The second-order valence-electron chi connectivity index (χ2n) is 4.19. The van der Waals surface area contributed by atoms with E-state index in [1.807, 2.05) is 0 Å². The first kappa shape index (κ1) is 12.0. The Morgan fingerprint density at radius 2 is 1.93 bits per heavy atom. The van der Waals surface area contributed by atoms with Gasteiger partial charge in [-0.05, 0) is 38.8 Å². The molecule has 0 radical (unpaired) electrons. The van der Waals surface area contributed by atoms with Gasteiger partial charge in [0.25, 0.3) is 0 Å². The molecule has 0 unspecified atom stereocenters. The predicted molar refractivity (Wildman–Crippen MR) is 60.6 cm³/mol. The Hall–Kier alpha value is -0.0800. The summed E-state index contributed by atoms with van der Waals surface area (Å²) in [5, 5.41) is 3.33. The number of unbranched alkanes of at least 4 members (excludes halogenated alkanes) is 1. The smallest absolute Gasteiger partial charge is 0.0575 e. The summed E-state index contributed by atoms with van der Waals surface area (Å²) in [6.07, 6.45) is 9.82. The number of ether oxygens (including phenoxy) is 1. The molecule has 0 aliphatic heterocycles. The van der Waals surface area contributed by atoms with Gasteiger partial charge in [0.15, 0.2) is 0 Å². The van der Waals surface area contributed by atoms with E-state index in [0.29, 0.717) is 6.10 Å². The predicted octanol–water partition coefficient (Wildman–Crippen LogP) is 2.73. The lowest BCUT2D eigenvalue weighted by atomic mass is 9.98. The second kappa shape index (κ2) is 8.25. The van der Waals surface area contributed by atoms with E-state index in [2.05, 4.69) is 12.2 Å². The molecule has 0 heterocycles. The van der Waals surface area contributed by atoms with Gasteiger partial charge < -0.3 is 10.1 Å². The van der Waals surface area contributed by atoms with Crippen LogP contribution in [0.2, 0.25) is 0 Å². The zero-order valence-corrected chi connectivity index (χ0v) is 9.56. The average molecular weight is 199 g/mol. The summed E-state index contributed by atoms with van der Waals surface area (Å²) in [4.78, 5) is 0. The Morgan fingerprint density at radius 3 is 2.64 bits per heavy atom. The minimum atomic E-state index is 0.586. The fourth-order valence-corrected chi connectivity index (χ4v) is 2.01. The maximum absolute atomic E-state index is 5.84. The van der Waals surface area contributed by atoms with E-state index in [-0.39, 0.29) is 0 Å². The van der Waals surface area contributed by atoms with E-state index in [1.165, 1.54) is 44.9 Å². The van der Waals surface area contributed by atoms with Crippen LogP contribution < -0.4 is 5.32 Å². The molecule has 0 aromatic carbocycles. The van der Waals surface area contributed by atoms with E-state index in [0.717, 1.165) is 19.7 Å². The van der Waals surface area contributed by atoms with Crippen LogP contribution in [-0.2, 0) is 4.74 Å². The fourth-order valence-electron chi connectivity index (χ4n) is 2.01. The van der Waals surface area contributed by atoms with E-state index >= 15 is 0 Å². The van der Waals surface area contributed by atoms with Crippen LogP contribution in [0.5, 0.6) is 0 Å². The van der Waals surface area contributed by atoms with Crippen molar-refractivity contribution in [1.29, 1.82) is 0 Å². The van der Waals surface area contributed by atoms with Gasteiger partial charge in [-0.3, -0.25) is 0 Å². The molecular formula is C12H25NO. The Balaban J connectivity index is 1.82. The molecule has 0 spiro atoms. The summed E-state index contributed by atoms with van der Waals surface area (Å²) < 4.78 is 5.84. The van der Waals surface area contributed by atoms with Gasteiger partial charge in [0, 0.05) is 6.61 Å². The number of hydrogen-bond donors (Lipinski definition) is 1. The van der Waals surface area contributed by atoms with Crippen molar-refractivity contribution in [2.45, 2.75) is 58.0 Å². The molecule has 1 aliphatic rings. The minimum absolute atomic E-state index is 0.586. The highest BCUT2D eigenvalue weighted by atomic mass is 16.5. The molecule has 0 saturated heterocycles. The molecule has 0 atom stereocenters. The van der Waals surface area contributed by atoms with Crippen molar-refractivity contribution in [2.75, 3.05) is 19.7 Å². The third kappa shape index (κ3) is 5.61. The summed E-state index contributed by atoms with van der Waals surface area (Å²) in [5.41, 5.74) is 0. The quantitative estimate of drug-likeness (QED) is 0.637. The molecule has 2 nitrogen and oxygen atoms in total. The summed E-state index contributed by atoms with van der Waals surface area (Å²) in [7, 11) is 0. The normalized spacial score (nSPS) is 18.6. The summed E-state index contributed by atoms with van der Waals surface area (Å²) in [6.45, 7) is 5.35. The van der Waals surface area contributed by atoms with Crippen molar-refractivity contribution in [3.05, 3.63) is 0 Å². The summed E-state index contributed by atoms with van der Waals surface area (Å²) >= 11 is 0. The van der Waals surface area contributed by atoms with Gasteiger partial charge in [-0.15, -0.1) is 0 Å². The molecule has 0 bridgehead atoms. The van der Waals surface area contributed by atoms with Crippen molar-refractivity contribution < 1.29 is 4.74 Å². The second-order valence-corrected chi connectivity index (χ2v) is 4.19. The summed E-state index contributed by atoms with van der Waals surface area (Å²) in [5.74, 6) is 0. The lowest BCUT2D eigenvalue weighted by Crippen LogP contribution is -2.18. The first-order chi connectivity index (χ1) is 6.93. The minimum Gasteiger partial charge on any atom is -0.378 e. The number of nitrogens with one attached hydrogen (secondary N) is 1. The highest BCUT2D eigenvalue weighted by Gasteiger charge is 2.12. The van der Waals surface area contributed by atoms with Crippen LogP contribution in [-0.4, -0.2) is 25.8 Å². The van der Waals surface area contributed by atoms with E-state index in [9.17, 15) is 0 Å². The average Bonchev–Trinajstić information content (AvgIpc) is 2.25. The first-order valence-electron chi connectivity index (χ1n) is 6.26. The van der Waals surface area contributed by atoms with Gasteiger partial charge >= 0.3 is 0 Å².